The van der Waals surface area contributed by atoms with Crippen LogP contribution in [0.3, 0.4) is 0 Å². The maximum atomic E-state index is 5.41. The molecule has 0 heterocycles. The molecule has 0 fully saturated rings. The van der Waals surface area contributed by atoms with Gasteiger partial charge in [-0.1, -0.05) is 252 Å². The Bertz CT molecular complexity index is 1560. The van der Waals surface area contributed by atoms with Crippen molar-refractivity contribution >= 4 is 22.8 Å². The number of hydrogen-bond donors (Lipinski definition) is 0. The molecular formula is C64H108N2Pd. The molecule has 0 aliphatic heterocycles. The number of hydrogen-bond acceptors (Lipinski definition) is 2. The van der Waals surface area contributed by atoms with E-state index in [4.69, 9.17) is 9.98 Å². The molecule has 3 heteroatoms. The zero-order chi connectivity index (χ0) is 47.4. The summed E-state index contributed by atoms with van der Waals surface area (Å²) in [5, 5.41) is 0. The summed E-state index contributed by atoms with van der Waals surface area (Å²) in [6.45, 7) is 13.8. The molecule has 0 bridgehead atoms. The fourth-order valence-electron chi connectivity index (χ4n) is 9.48. The van der Waals surface area contributed by atoms with Gasteiger partial charge in [0.2, 0.25) is 0 Å². The standard InChI is InChI=1S/C64H108N2.Pd/c1-7-13-19-20-21-22-23-24-25-26-27-28-29-30-31-32-33-34-35-36-37-38-39-40-41-42-43-44-50-64(66-62-54-52-58(46-15-9-3)60(56-62)48-17-11-5)63(49-18-12-6)65-61-53-51-57(45-14-8-2)59(55-61)47-16-10-4;/h51-56H,7-43,45-49H2,1-6H3;. The molecule has 2 aromatic rings. The largest absolute Gasteiger partial charge is 0.251 e. The van der Waals surface area contributed by atoms with Gasteiger partial charge in [-0.2, -0.15) is 0 Å². The maximum absolute atomic E-state index is 5.41. The van der Waals surface area contributed by atoms with Gasteiger partial charge in [0.25, 0.3) is 0 Å². The number of rotatable bonds is 44. The Morgan fingerprint density at radius 3 is 1.01 bits per heavy atom. The third-order valence-electron chi connectivity index (χ3n) is 14.0. The van der Waals surface area contributed by atoms with E-state index in [0.29, 0.717) is 0 Å². The van der Waals surface area contributed by atoms with Crippen LogP contribution in [0.2, 0.25) is 0 Å². The zero-order valence-electron chi connectivity index (χ0n) is 45.4. The fraction of sp³-hybridized carbons (Fsp3) is 0.750. The van der Waals surface area contributed by atoms with Crippen molar-refractivity contribution in [2.45, 2.75) is 311 Å². The van der Waals surface area contributed by atoms with Crippen molar-refractivity contribution in [2.24, 2.45) is 9.98 Å². The first-order valence-electron chi connectivity index (χ1n) is 29.5. The van der Waals surface area contributed by atoms with E-state index in [1.54, 1.807) is 0 Å². The molecule has 0 atom stereocenters. The predicted octanol–water partition coefficient (Wildman–Crippen LogP) is 21.6. The van der Waals surface area contributed by atoms with Crippen LogP contribution in [0.15, 0.2) is 46.4 Å². The average molecular weight is 1010 g/mol. The molecule has 0 N–H and O–H groups in total. The molecule has 0 aliphatic rings. The van der Waals surface area contributed by atoms with Gasteiger partial charge >= 0.3 is 0 Å². The monoisotopic (exact) mass is 1010 g/mol. The van der Waals surface area contributed by atoms with Gasteiger partial charge in [-0.15, -0.1) is 0 Å². The van der Waals surface area contributed by atoms with Crippen molar-refractivity contribution in [1.29, 1.82) is 0 Å². The summed E-state index contributed by atoms with van der Waals surface area (Å²) >= 11 is 0. The van der Waals surface area contributed by atoms with Gasteiger partial charge < -0.3 is 0 Å². The van der Waals surface area contributed by atoms with Gasteiger partial charge in [0.15, 0.2) is 0 Å². The molecule has 0 aliphatic carbocycles. The normalized spacial score (nSPS) is 11.8. The topological polar surface area (TPSA) is 24.7 Å². The van der Waals surface area contributed by atoms with E-state index < -0.39 is 0 Å². The second-order valence-electron chi connectivity index (χ2n) is 20.3. The Labute approximate surface area is 432 Å². The second-order valence-corrected chi connectivity index (χ2v) is 20.3. The van der Waals surface area contributed by atoms with Crippen molar-refractivity contribution in [3.63, 3.8) is 0 Å². The van der Waals surface area contributed by atoms with E-state index in [0.717, 1.165) is 74.2 Å². The van der Waals surface area contributed by atoms with Gasteiger partial charge in [0, 0.05) is 26.8 Å². The first-order chi connectivity index (χ1) is 32.6. The van der Waals surface area contributed by atoms with Crippen LogP contribution in [0.4, 0.5) is 11.4 Å². The molecule has 0 amide bonds. The third-order valence-corrected chi connectivity index (χ3v) is 14.0. The SMILES string of the molecule is CCCCCCCCCCCCCCCCCCCCCCCCCCCCC#CC(=Nc1ccc(CCCC)c(CCCC)c1)C(CCCC)=Nc1ccc(CCCC)c(CCCC)c1.[Pd]. The van der Waals surface area contributed by atoms with Crippen LogP contribution in [-0.4, -0.2) is 11.4 Å². The van der Waals surface area contributed by atoms with Gasteiger partial charge in [0.05, 0.1) is 17.1 Å². The molecule has 2 rings (SSSR count). The molecule has 0 saturated heterocycles. The van der Waals surface area contributed by atoms with Crippen LogP contribution in [0.5, 0.6) is 0 Å². The van der Waals surface area contributed by atoms with Gasteiger partial charge in [-0.3, -0.25) is 4.99 Å². The van der Waals surface area contributed by atoms with Crippen molar-refractivity contribution < 1.29 is 20.4 Å². The molecule has 2 aromatic carbocycles. The molecule has 0 radical (unpaired) electrons. The van der Waals surface area contributed by atoms with Crippen LogP contribution < -0.4 is 0 Å². The third kappa shape index (κ3) is 33.3. The summed E-state index contributed by atoms with van der Waals surface area (Å²) in [5.41, 5.74) is 10.00. The van der Waals surface area contributed by atoms with Crippen LogP contribution in [0, 0.1) is 11.8 Å². The van der Waals surface area contributed by atoms with E-state index in [2.05, 4.69) is 89.8 Å². The average Bonchev–Trinajstić information content (AvgIpc) is 3.33. The Morgan fingerprint density at radius 2 is 0.657 bits per heavy atom. The predicted molar refractivity (Wildman–Crippen MR) is 299 cm³/mol. The fourth-order valence-corrected chi connectivity index (χ4v) is 9.48. The van der Waals surface area contributed by atoms with Crippen molar-refractivity contribution in [1.82, 2.24) is 0 Å². The summed E-state index contributed by atoms with van der Waals surface area (Å²) in [5.74, 6) is 7.25. The van der Waals surface area contributed by atoms with Gasteiger partial charge in [-0.25, -0.2) is 4.99 Å². The van der Waals surface area contributed by atoms with Crippen LogP contribution in [0.25, 0.3) is 0 Å². The van der Waals surface area contributed by atoms with E-state index in [9.17, 15) is 0 Å². The van der Waals surface area contributed by atoms with Crippen LogP contribution in [-0.2, 0) is 46.1 Å². The Morgan fingerprint density at radius 1 is 0.343 bits per heavy atom. The van der Waals surface area contributed by atoms with Crippen LogP contribution >= 0.6 is 0 Å². The van der Waals surface area contributed by atoms with Gasteiger partial charge in [0.1, 0.15) is 5.71 Å². The zero-order valence-corrected chi connectivity index (χ0v) is 46.9. The number of unbranched alkanes of at least 4 members (excludes halogenated alkanes) is 31. The van der Waals surface area contributed by atoms with Crippen molar-refractivity contribution in [3.05, 3.63) is 58.7 Å². The Kier molecular flexibility index (Phi) is 43.6. The minimum Gasteiger partial charge on any atom is -0.251 e. The maximum Gasteiger partial charge on any atom is 0.135 e. The number of nitrogens with zero attached hydrogens (tertiary/aromatic N) is 2. The first kappa shape index (κ1) is 63.0. The van der Waals surface area contributed by atoms with E-state index in [-0.39, 0.29) is 20.4 Å². The quantitative estimate of drug-likeness (QED) is 0.0274. The minimum atomic E-state index is 0. The minimum absolute atomic E-state index is 0. The number of benzene rings is 2. The summed E-state index contributed by atoms with van der Waals surface area (Å²) in [6.07, 6.45) is 55.6. The van der Waals surface area contributed by atoms with E-state index in [1.807, 2.05) is 0 Å². The number of aryl methyl sites for hydroxylation is 4. The summed E-state index contributed by atoms with van der Waals surface area (Å²) in [4.78, 5) is 10.8. The molecule has 0 saturated carbocycles. The van der Waals surface area contributed by atoms with E-state index >= 15 is 0 Å². The van der Waals surface area contributed by atoms with Crippen LogP contribution in [0.1, 0.15) is 308 Å². The van der Waals surface area contributed by atoms with Crippen molar-refractivity contribution in [2.75, 3.05) is 0 Å². The number of aliphatic imine (C=N–C) groups is 2. The van der Waals surface area contributed by atoms with Gasteiger partial charge in [-0.05, 0) is 123 Å². The second kappa shape index (κ2) is 46.4. The molecule has 67 heavy (non-hydrogen) atoms. The summed E-state index contributed by atoms with van der Waals surface area (Å²) < 4.78 is 0. The molecule has 384 valence electrons. The molecule has 0 unspecified atom stereocenters. The smallest absolute Gasteiger partial charge is 0.135 e. The summed E-state index contributed by atoms with van der Waals surface area (Å²) in [6, 6.07) is 14.0. The Balaban J connectivity index is 0.0000224. The molecule has 0 spiro atoms. The van der Waals surface area contributed by atoms with Crippen molar-refractivity contribution in [3.8, 4) is 11.8 Å². The molecule has 2 nitrogen and oxygen atoms in total. The van der Waals surface area contributed by atoms with E-state index in [1.165, 1.54) is 241 Å². The molecular weight excluding hydrogens is 903 g/mol. The first-order valence-corrected chi connectivity index (χ1v) is 29.5. The summed E-state index contributed by atoms with van der Waals surface area (Å²) in [7, 11) is 0. The Hall–Kier alpha value is -2.00. The molecule has 0 aromatic heterocycles.